The van der Waals surface area contributed by atoms with Crippen molar-refractivity contribution in [3.63, 3.8) is 0 Å². The van der Waals surface area contributed by atoms with Gasteiger partial charge in [-0.15, -0.1) is 10.2 Å². The van der Waals surface area contributed by atoms with E-state index in [1.54, 1.807) is 32.6 Å². The Bertz CT molecular complexity index is 895. The number of ether oxygens (including phenoxy) is 2. The van der Waals surface area contributed by atoms with Gasteiger partial charge in [0.2, 0.25) is 0 Å². The fourth-order valence-corrected chi connectivity index (χ4v) is 2.59. The topological polar surface area (TPSA) is 98.5 Å². The second kappa shape index (κ2) is 9.40. The maximum Gasteiger partial charge on any atom is 0.271 e. The van der Waals surface area contributed by atoms with Crippen molar-refractivity contribution < 1.29 is 18.7 Å². The first-order valence-electron chi connectivity index (χ1n) is 8.78. The summed E-state index contributed by atoms with van der Waals surface area (Å²) < 4.78 is 15.7. The van der Waals surface area contributed by atoms with Crippen LogP contribution in [-0.2, 0) is 13.0 Å². The third kappa shape index (κ3) is 5.00. The molecular formula is C20H22N4O4. The van der Waals surface area contributed by atoms with Crippen LogP contribution in [-0.4, -0.2) is 36.9 Å². The lowest BCUT2D eigenvalue weighted by Gasteiger charge is -2.10. The number of nitrogens with one attached hydrogen (secondary N) is 2. The zero-order valence-corrected chi connectivity index (χ0v) is 15.8. The number of furan rings is 1. The van der Waals surface area contributed by atoms with E-state index < -0.39 is 0 Å². The van der Waals surface area contributed by atoms with Crippen LogP contribution in [0.5, 0.6) is 11.5 Å². The molecule has 8 heteroatoms. The van der Waals surface area contributed by atoms with Gasteiger partial charge in [-0.3, -0.25) is 4.79 Å². The van der Waals surface area contributed by atoms with Crippen LogP contribution in [0.25, 0.3) is 0 Å². The number of hydrogen-bond donors (Lipinski definition) is 2. The first kappa shape index (κ1) is 19.2. The van der Waals surface area contributed by atoms with Crippen LogP contribution < -0.4 is 20.1 Å². The SMILES string of the molecule is COc1ccc(CCNC(=O)c2ccc(NCc3ccco3)nn2)cc1OC. The van der Waals surface area contributed by atoms with Gasteiger partial charge in [-0.05, 0) is 48.4 Å². The zero-order chi connectivity index (χ0) is 19.8. The molecule has 8 nitrogen and oxygen atoms in total. The summed E-state index contributed by atoms with van der Waals surface area (Å²) in [6.07, 6.45) is 2.26. The molecule has 28 heavy (non-hydrogen) atoms. The maximum atomic E-state index is 12.2. The van der Waals surface area contributed by atoms with Crippen LogP contribution >= 0.6 is 0 Å². The van der Waals surface area contributed by atoms with Gasteiger partial charge in [0.25, 0.3) is 5.91 Å². The highest BCUT2D eigenvalue weighted by molar-refractivity contribution is 5.92. The van der Waals surface area contributed by atoms with Gasteiger partial charge in [-0.25, -0.2) is 0 Å². The Hall–Kier alpha value is -3.55. The van der Waals surface area contributed by atoms with Gasteiger partial charge in [0.15, 0.2) is 17.2 Å². The van der Waals surface area contributed by atoms with E-state index in [4.69, 9.17) is 13.9 Å². The molecule has 1 amide bonds. The van der Waals surface area contributed by atoms with Gasteiger partial charge in [0.05, 0.1) is 27.0 Å². The molecule has 0 spiro atoms. The number of methoxy groups -OCH3 is 2. The molecular weight excluding hydrogens is 360 g/mol. The smallest absolute Gasteiger partial charge is 0.271 e. The number of rotatable bonds is 9. The molecule has 2 heterocycles. The molecule has 0 saturated carbocycles. The van der Waals surface area contributed by atoms with Crippen molar-refractivity contribution in [2.24, 2.45) is 0 Å². The van der Waals surface area contributed by atoms with Crippen LogP contribution in [0.2, 0.25) is 0 Å². The van der Waals surface area contributed by atoms with Crippen LogP contribution in [0, 0.1) is 0 Å². The normalized spacial score (nSPS) is 10.4. The lowest BCUT2D eigenvalue weighted by Crippen LogP contribution is -2.26. The maximum absolute atomic E-state index is 12.2. The van der Waals surface area contributed by atoms with Crippen molar-refractivity contribution in [3.05, 3.63) is 65.7 Å². The van der Waals surface area contributed by atoms with Crippen molar-refractivity contribution in [1.82, 2.24) is 15.5 Å². The average molecular weight is 382 g/mol. The number of carbonyl (C=O) groups excluding carboxylic acids is 1. The molecule has 0 fully saturated rings. The second-order valence-electron chi connectivity index (χ2n) is 5.93. The monoisotopic (exact) mass is 382 g/mol. The summed E-state index contributed by atoms with van der Waals surface area (Å²) in [4.78, 5) is 12.2. The number of amides is 1. The molecule has 0 aliphatic carbocycles. The Morgan fingerprint density at radius 3 is 2.61 bits per heavy atom. The van der Waals surface area contributed by atoms with Crippen molar-refractivity contribution in [1.29, 1.82) is 0 Å². The van der Waals surface area contributed by atoms with E-state index in [-0.39, 0.29) is 11.6 Å². The minimum Gasteiger partial charge on any atom is -0.493 e. The number of aromatic nitrogens is 2. The Kier molecular flexibility index (Phi) is 6.46. The number of nitrogens with zero attached hydrogens (tertiary/aromatic N) is 2. The van der Waals surface area contributed by atoms with Crippen LogP contribution in [0.15, 0.2) is 53.1 Å². The van der Waals surface area contributed by atoms with Gasteiger partial charge >= 0.3 is 0 Å². The summed E-state index contributed by atoms with van der Waals surface area (Å²) in [6.45, 7) is 0.965. The highest BCUT2D eigenvalue weighted by Crippen LogP contribution is 2.27. The predicted molar refractivity (Wildman–Crippen MR) is 104 cm³/mol. The second-order valence-corrected chi connectivity index (χ2v) is 5.93. The van der Waals surface area contributed by atoms with E-state index in [9.17, 15) is 4.79 Å². The predicted octanol–water partition coefficient (Wildman–Crippen LogP) is 2.67. The minimum absolute atomic E-state index is 0.260. The molecule has 3 aromatic rings. The lowest BCUT2D eigenvalue weighted by atomic mass is 10.1. The molecule has 0 unspecified atom stereocenters. The summed E-state index contributed by atoms with van der Waals surface area (Å²) in [5.74, 6) is 2.42. The summed E-state index contributed by atoms with van der Waals surface area (Å²) in [7, 11) is 3.19. The quantitative estimate of drug-likeness (QED) is 0.587. The number of carbonyl (C=O) groups is 1. The van der Waals surface area contributed by atoms with Gasteiger partial charge in [0.1, 0.15) is 11.6 Å². The summed E-state index contributed by atoms with van der Waals surface area (Å²) in [6, 6.07) is 12.7. The first-order valence-corrected chi connectivity index (χ1v) is 8.78. The van der Waals surface area contributed by atoms with E-state index in [2.05, 4.69) is 20.8 Å². The molecule has 0 bridgehead atoms. The number of hydrogen-bond acceptors (Lipinski definition) is 7. The molecule has 0 radical (unpaired) electrons. The van der Waals surface area contributed by atoms with E-state index in [0.29, 0.717) is 36.8 Å². The highest BCUT2D eigenvalue weighted by atomic mass is 16.5. The molecule has 0 atom stereocenters. The van der Waals surface area contributed by atoms with Crippen molar-refractivity contribution in [2.45, 2.75) is 13.0 Å². The highest BCUT2D eigenvalue weighted by Gasteiger charge is 2.09. The lowest BCUT2D eigenvalue weighted by molar-refractivity contribution is 0.0948. The third-order valence-corrected chi connectivity index (χ3v) is 4.07. The summed E-state index contributed by atoms with van der Waals surface area (Å²) in [5, 5.41) is 13.9. The van der Waals surface area contributed by atoms with Gasteiger partial charge < -0.3 is 24.5 Å². The third-order valence-electron chi connectivity index (χ3n) is 4.07. The molecule has 0 saturated heterocycles. The van der Waals surface area contributed by atoms with E-state index in [0.717, 1.165) is 11.3 Å². The molecule has 2 aromatic heterocycles. The number of anilines is 1. The molecule has 0 aliphatic rings. The Morgan fingerprint density at radius 1 is 1.07 bits per heavy atom. The molecule has 3 rings (SSSR count). The van der Waals surface area contributed by atoms with E-state index in [1.807, 2.05) is 30.3 Å². The van der Waals surface area contributed by atoms with Crippen molar-refractivity contribution >= 4 is 11.7 Å². The standard InChI is InChI=1S/C20H22N4O4/c1-26-17-7-5-14(12-18(17)27-2)9-10-21-20(25)16-6-8-19(24-23-16)22-13-15-4-3-11-28-15/h3-8,11-12H,9-10,13H2,1-2H3,(H,21,25)(H,22,24). The first-order chi connectivity index (χ1) is 13.7. The van der Waals surface area contributed by atoms with Crippen LogP contribution in [0.3, 0.4) is 0 Å². The molecule has 1 aromatic carbocycles. The largest absolute Gasteiger partial charge is 0.493 e. The Morgan fingerprint density at radius 2 is 1.93 bits per heavy atom. The van der Waals surface area contributed by atoms with Crippen molar-refractivity contribution in [3.8, 4) is 11.5 Å². The number of benzene rings is 1. The Balaban J connectivity index is 1.48. The van der Waals surface area contributed by atoms with Gasteiger partial charge in [0, 0.05) is 6.54 Å². The van der Waals surface area contributed by atoms with Crippen molar-refractivity contribution in [2.75, 3.05) is 26.1 Å². The van der Waals surface area contributed by atoms with Gasteiger partial charge in [-0.2, -0.15) is 0 Å². The molecule has 0 aliphatic heterocycles. The Labute approximate surface area is 162 Å². The molecule has 146 valence electrons. The fraction of sp³-hybridized carbons (Fsp3) is 0.250. The van der Waals surface area contributed by atoms with E-state index in [1.165, 1.54) is 0 Å². The van der Waals surface area contributed by atoms with Crippen LogP contribution in [0.4, 0.5) is 5.82 Å². The minimum atomic E-state index is -0.273. The summed E-state index contributed by atoms with van der Waals surface area (Å²) in [5.41, 5.74) is 1.29. The summed E-state index contributed by atoms with van der Waals surface area (Å²) >= 11 is 0. The van der Waals surface area contributed by atoms with E-state index >= 15 is 0 Å². The van der Waals surface area contributed by atoms with Gasteiger partial charge in [-0.1, -0.05) is 6.07 Å². The van der Waals surface area contributed by atoms with Crippen LogP contribution in [0.1, 0.15) is 21.8 Å². The average Bonchev–Trinajstić information content (AvgIpc) is 3.26. The molecule has 2 N–H and O–H groups in total. The zero-order valence-electron chi connectivity index (χ0n) is 15.8. The fourth-order valence-electron chi connectivity index (χ4n) is 2.59.